The van der Waals surface area contributed by atoms with Crippen LogP contribution in [0.5, 0.6) is 0 Å². The molecule has 0 rings (SSSR count). The number of hydrogen-bond acceptors (Lipinski definition) is 5. The third-order valence-corrected chi connectivity index (χ3v) is 6.12. The van der Waals surface area contributed by atoms with Crippen molar-refractivity contribution in [2.75, 3.05) is 26.5 Å². The molecule has 2 unspecified atom stereocenters. The zero-order valence-corrected chi connectivity index (χ0v) is 14.4. The van der Waals surface area contributed by atoms with Gasteiger partial charge >= 0.3 is 15.2 Å². The summed E-state index contributed by atoms with van der Waals surface area (Å²) in [7, 11) is -6.60. The Morgan fingerprint density at radius 2 is 1.11 bits per heavy atom. The molecule has 19 heavy (non-hydrogen) atoms. The number of unbranched alkanes of at least 4 members (excludes halogenated alkanes) is 4. The van der Waals surface area contributed by atoms with Crippen LogP contribution in [0, 0.1) is 0 Å². The Morgan fingerprint density at radius 3 is 1.42 bits per heavy atom. The molecule has 0 saturated heterocycles. The van der Waals surface area contributed by atoms with Gasteiger partial charge in [-0.2, -0.15) is 0 Å². The Kier molecular flexibility index (Phi) is 10.3. The number of hydrogen-bond donors (Lipinski definition) is 0. The van der Waals surface area contributed by atoms with Gasteiger partial charge in [-0.1, -0.05) is 39.5 Å². The monoisotopic (exact) mass is 314 g/mol. The SMILES string of the molecule is CCCCCOP(C)(=O)OP(C)(=O)OCCCCC. The van der Waals surface area contributed by atoms with Crippen LogP contribution >= 0.6 is 15.2 Å². The van der Waals surface area contributed by atoms with Crippen LogP contribution in [0.1, 0.15) is 52.4 Å². The van der Waals surface area contributed by atoms with E-state index in [4.69, 9.17) is 13.4 Å². The number of rotatable bonds is 12. The maximum absolute atomic E-state index is 12.0. The highest BCUT2D eigenvalue weighted by molar-refractivity contribution is 7.66. The molecule has 7 heteroatoms. The van der Waals surface area contributed by atoms with E-state index in [9.17, 15) is 9.13 Å². The quantitative estimate of drug-likeness (QED) is 0.372. The summed E-state index contributed by atoms with van der Waals surface area (Å²) in [6, 6.07) is 0. The highest BCUT2D eigenvalue weighted by atomic mass is 31.3. The van der Waals surface area contributed by atoms with Gasteiger partial charge in [0, 0.05) is 13.3 Å². The van der Waals surface area contributed by atoms with Crippen LogP contribution in [-0.2, 0) is 22.5 Å². The molecule has 0 saturated carbocycles. The van der Waals surface area contributed by atoms with Crippen LogP contribution in [-0.4, -0.2) is 26.5 Å². The van der Waals surface area contributed by atoms with Crippen molar-refractivity contribution in [3.05, 3.63) is 0 Å². The second-order valence-corrected chi connectivity index (χ2v) is 8.96. The minimum Gasteiger partial charge on any atom is -0.309 e. The predicted octanol–water partition coefficient (Wildman–Crippen LogP) is 5.06. The molecule has 0 N–H and O–H groups in total. The molecule has 0 radical (unpaired) electrons. The molecule has 0 bridgehead atoms. The largest absolute Gasteiger partial charge is 0.334 e. The lowest BCUT2D eigenvalue weighted by Gasteiger charge is -2.19. The minimum absolute atomic E-state index is 0.359. The minimum atomic E-state index is -3.30. The summed E-state index contributed by atoms with van der Waals surface area (Å²) < 4.78 is 39.4. The summed E-state index contributed by atoms with van der Waals surface area (Å²) in [6.45, 7) is 7.54. The molecule has 0 aromatic heterocycles. The molecule has 0 aromatic carbocycles. The Balaban J connectivity index is 4.01. The van der Waals surface area contributed by atoms with Crippen LogP contribution in [0.2, 0.25) is 0 Å². The van der Waals surface area contributed by atoms with Crippen LogP contribution in [0.3, 0.4) is 0 Å². The average Bonchev–Trinajstić information content (AvgIpc) is 2.29. The summed E-state index contributed by atoms with van der Waals surface area (Å²) in [6.07, 6.45) is 5.79. The highest BCUT2D eigenvalue weighted by Crippen LogP contribution is 2.61. The summed E-state index contributed by atoms with van der Waals surface area (Å²) in [5.74, 6) is 0. The summed E-state index contributed by atoms with van der Waals surface area (Å²) >= 11 is 0. The van der Waals surface area contributed by atoms with Gasteiger partial charge in [-0.15, -0.1) is 0 Å². The fourth-order valence-corrected chi connectivity index (χ4v) is 4.94. The van der Waals surface area contributed by atoms with Gasteiger partial charge < -0.3 is 9.05 Å². The van der Waals surface area contributed by atoms with Crippen molar-refractivity contribution in [3.63, 3.8) is 0 Å². The lowest BCUT2D eigenvalue weighted by molar-refractivity contribution is 0.227. The van der Waals surface area contributed by atoms with E-state index in [0.29, 0.717) is 13.2 Å². The van der Waals surface area contributed by atoms with Crippen molar-refractivity contribution in [2.24, 2.45) is 0 Å². The third kappa shape index (κ3) is 11.8. The van der Waals surface area contributed by atoms with Gasteiger partial charge in [0.15, 0.2) is 0 Å². The molecule has 0 spiro atoms. The first-order valence-electron chi connectivity index (χ1n) is 6.98. The maximum Gasteiger partial charge on any atom is 0.334 e. The van der Waals surface area contributed by atoms with Crippen molar-refractivity contribution in [3.8, 4) is 0 Å². The molecular formula is C12H28O5P2. The van der Waals surface area contributed by atoms with E-state index in [0.717, 1.165) is 38.5 Å². The average molecular weight is 314 g/mol. The van der Waals surface area contributed by atoms with Crippen molar-refractivity contribution < 1.29 is 22.5 Å². The smallest absolute Gasteiger partial charge is 0.309 e. The Hall–Kier alpha value is 0.340. The first-order valence-corrected chi connectivity index (χ1v) is 11.0. The fourth-order valence-electron chi connectivity index (χ4n) is 1.48. The molecule has 0 aromatic rings. The molecule has 0 fully saturated rings. The van der Waals surface area contributed by atoms with Crippen LogP contribution in [0.25, 0.3) is 0 Å². The van der Waals surface area contributed by atoms with Gasteiger partial charge in [-0.05, 0) is 12.8 Å². The van der Waals surface area contributed by atoms with Gasteiger partial charge in [0.2, 0.25) is 0 Å². The Morgan fingerprint density at radius 1 is 0.737 bits per heavy atom. The van der Waals surface area contributed by atoms with Gasteiger partial charge in [-0.25, -0.2) is 4.31 Å². The van der Waals surface area contributed by atoms with Crippen molar-refractivity contribution in [1.82, 2.24) is 0 Å². The van der Waals surface area contributed by atoms with Gasteiger partial charge in [0.25, 0.3) is 0 Å². The van der Waals surface area contributed by atoms with Crippen LogP contribution in [0.4, 0.5) is 0 Å². The van der Waals surface area contributed by atoms with Crippen molar-refractivity contribution in [1.29, 1.82) is 0 Å². The fraction of sp³-hybridized carbons (Fsp3) is 1.00. The molecule has 2 atom stereocenters. The van der Waals surface area contributed by atoms with E-state index >= 15 is 0 Å². The zero-order chi connectivity index (χ0) is 14.8. The van der Waals surface area contributed by atoms with Gasteiger partial charge in [0.05, 0.1) is 13.2 Å². The molecular weight excluding hydrogens is 286 g/mol. The molecule has 116 valence electrons. The molecule has 0 aliphatic carbocycles. The molecule has 0 heterocycles. The Labute approximate surface area is 117 Å². The first-order chi connectivity index (χ1) is 8.83. The maximum atomic E-state index is 12.0. The highest BCUT2D eigenvalue weighted by Gasteiger charge is 2.29. The molecule has 0 aliphatic heterocycles. The van der Waals surface area contributed by atoms with Crippen LogP contribution in [0.15, 0.2) is 0 Å². The second kappa shape index (κ2) is 10.1. The van der Waals surface area contributed by atoms with E-state index in [-0.39, 0.29) is 0 Å². The van der Waals surface area contributed by atoms with Crippen molar-refractivity contribution >= 4 is 15.2 Å². The summed E-state index contributed by atoms with van der Waals surface area (Å²) in [5.41, 5.74) is 0. The van der Waals surface area contributed by atoms with Gasteiger partial charge in [0.1, 0.15) is 0 Å². The van der Waals surface area contributed by atoms with E-state index in [1.807, 2.05) is 0 Å². The Bertz CT molecular complexity index is 289. The van der Waals surface area contributed by atoms with E-state index < -0.39 is 15.2 Å². The summed E-state index contributed by atoms with van der Waals surface area (Å²) in [5, 5.41) is 0. The van der Waals surface area contributed by atoms with Crippen molar-refractivity contribution in [2.45, 2.75) is 52.4 Å². The third-order valence-electron chi connectivity index (χ3n) is 2.44. The summed E-state index contributed by atoms with van der Waals surface area (Å²) in [4.78, 5) is 0. The van der Waals surface area contributed by atoms with E-state index in [2.05, 4.69) is 13.8 Å². The molecule has 0 amide bonds. The molecule has 0 aliphatic rings. The van der Waals surface area contributed by atoms with E-state index in [1.54, 1.807) is 0 Å². The second-order valence-electron chi connectivity index (χ2n) is 4.70. The topological polar surface area (TPSA) is 61.8 Å². The standard InChI is InChI=1S/C12H28O5P2/c1-5-7-9-11-15-18(3,13)17-19(4,14)16-12-10-8-6-2/h5-12H2,1-4H3. The zero-order valence-electron chi connectivity index (χ0n) is 12.6. The van der Waals surface area contributed by atoms with Gasteiger partial charge in [-0.3, -0.25) is 9.13 Å². The lowest BCUT2D eigenvalue weighted by Crippen LogP contribution is -1.99. The lowest BCUT2D eigenvalue weighted by atomic mass is 10.3. The van der Waals surface area contributed by atoms with Crippen LogP contribution < -0.4 is 0 Å². The van der Waals surface area contributed by atoms with E-state index in [1.165, 1.54) is 13.3 Å². The molecule has 5 nitrogen and oxygen atoms in total. The normalized spacial score (nSPS) is 17.9. The predicted molar refractivity (Wildman–Crippen MR) is 79.1 cm³/mol. The first kappa shape index (κ1) is 19.3.